The molecule has 0 radical (unpaired) electrons. The van der Waals surface area contributed by atoms with Crippen LogP contribution in [0.1, 0.15) is 55.7 Å². The molecular formula is C31H36N4O3S. The fourth-order valence-electron chi connectivity index (χ4n) is 5.13. The molecule has 2 heterocycles. The number of aliphatic imine (C=N–C) groups is 1. The Labute approximate surface area is 231 Å². The maximum absolute atomic E-state index is 13.3. The third kappa shape index (κ3) is 6.46. The molecular weight excluding hydrogens is 508 g/mol. The van der Waals surface area contributed by atoms with Gasteiger partial charge in [0.15, 0.2) is 0 Å². The first kappa shape index (κ1) is 27.2. The standard InChI is InChI=1S/C31H36N4O3S/c1-22(2)20-32-39(37,38)26-15-16-28-27(19-26)29(31(36)34-28)30(24-9-5-3-6-10-24)33-25-13-11-23(12-14-25)21-35-17-7-4-8-18-35/h3,5-6,9-16,19,22,29,32H,4,7-8,17-18,20-21H2,1-2H3,(H,34,36). The molecule has 0 saturated carbocycles. The van der Waals surface area contributed by atoms with Gasteiger partial charge in [0.1, 0.15) is 5.92 Å². The number of anilines is 1. The molecule has 1 saturated heterocycles. The number of likely N-dealkylation sites (tertiary alicyclic amines) is 1. The molecule has 1 fully saturated rings. The molecule has 1 atom stereocenters. The summed E-state index contributed by atoms with van der Waals surface area (Å²) in [4.78, 5) is 20.9. The van der Waals surface area contributed by atoms with E-state index in [1.807, 2.05) is 56.3 Å². The van der Waals surface area contributed by atoms with Crippen LogP contribution in [-0.4, -0.2) is 44.6 Å². The molecule has 5 rings (SSSR count). The maximum Gasteiger partial charge on any atom is 0.240 e. The lowest BCUT2D eigenvalue weighted by molar-refractivity contribution is -0.115. The first-order valence-electron chi connectivity index (χ1n) is 13.7. The van der Waals surface area contributed by atoms with Crippen molar-refractivity contribution >= 4 is 33.0 Å². The predicted molar refractivity (Wildman–Crippen MR) is 156 cm³/mol. The summed E-state index contributed by atoms with van der Waals surface area (Å²) in [5.74, 6) is -0.789. The summed E-state index contributed by atoms with van der Waals surface area (Å²) in [6, 6.07) is 22.6. The van der Waals surface area contributed by atoms with Crippen LogP contribution >= 0.6 is 0 Å². The predicted octanol–water partition coefficient (Wildman–Crippen LogP) is 5.46. The van der Waals surface area contributed by atoms with Crippen LogP contribution in [0, 0.1) is 5.92 Å². The summed E-state index contributed by atoms with van der Waals surface area (Å²) in [5, 5.41) is 2.93. The molecule has 0 bridgehead atoms. The summed E-state index contributed by atoms with van der Waals surface area (Å²) in [7, 11) is -3.72. The highest BCUT2D eigenvalue weighted by Crippen LogP contribution is 2.37. The molecule has 0 spiro atoms. The number of carbonyl (C=O) groups excluding carboxylic acids is 1. The number of amides is 1. The van der Waals surface area contributed by atoms with E-state index in [0.29, 0.717) is 23.5 Å². The molecule has 39 heavy (non-hydrogen) atoms. The van der Waals surface area contributed by atoms with E-state index in [-0.39, 0.29) is 16.7 Å². The highest BCUT2D eigenvalue weighted by Gasteiger charge is 2.36. The van der Waals surface area contributed by atoms with Crippen molar-refractivity contribution in [2.24, 2.45) is 10.9 Å². The number of hydrogen-bond acceptors (Lipinski definition) is 5. The highest BCUT2D eigenvalue weighted by atomic mass is 32.2. The molecule has 1 amide bonds. The van der Waals surface area contributed by atoms with Crippen molar-refractivity contribution in [2.75, 3.05) is 25.0 Å². The fraction of sp³-hybridized carbons (Fsp3) is 0.355. The second-order valence-corrected chi connectivity index (χ2v) is 12.6. The van der Waals surface area contributed by atoms with Gasteiger partial charge in [0.05, 0.1) is 16.3 Å². The van der Waals surface area contributed by atoms with Crippen molar-refractivity contribution in [1.82, 2.24) is 9.62 Å². The average molecular weight is 545 g/mol. The lowest BCUT2D eigenvalue weighted by atomic mass is 9.90. The van der Waals surface area contributed by atoms with Gasteiger partial charge in [0, 0.05) is 18.8 Å². The molecule has 8 heteroatoms. The minimum absolute atomic E-state index is 0.137. The largest absolute Gasteiger partial charge is 0.325 e. The third-order valence-electron chi connectivity index (χ3n) is 7.23. The Hall–Kier alpha value is -3.33. The molecule has 7 nitrogen and oxygen atoms in total. The van der Waals surface area contributed by atoms with Gasteiger partial charge < -0.3 is 5.32 Å². The zero-order chi connectivity index (χ0) is 27.4. The van der Waals surface area contributed by atoms with E-state index < -0.39 is 15.9 Å². The van der Waals surface area contributed by atoms with Gasteiger partial charge in [-0.2, -0.15) is 0 Å². The number of carbonyl (C=O) groups is 1. The topological polar surface area (TPSA) is 90.9 Å². The smallest absolute Gasteiger partial charge is 0.240 e. The van der Waals surface area contributed by atoms with E-state index in [9.17, 15) is 13.2 Å². The van der Waals surface area contributed by atoms with E-state index in [1.54, 1.807) is 12.1 Å². The molecule has 0 aromatic heterocycles. The molecule has 3 aromatic rings. The number of hydrogen-bond donors (Lipinski definition) is 2. The van der Waals surface area contributed by atoms with Crippen molar-refractivity contribution in [3.05, 3.63) is 89.5 Å². The zero-order valence-corrected chi connectivity index (χ0v) is 23.4. The van der Waals surface area contributed by atoms with Gasteiger partial charge in [-0.1, -0.05) is 62.7 Å². The van der Waals surface area contributed by atoms with Crippen molar-refractivity contribution in [2.45, 2.75) is 50.5 Å². The summed E-state index contributed by atoms with van der Waals surface area (Å²) < 4.78 is 28.6. The lowest BCUT2D eigenvalue weighted by Gasteiger charge is -2.26. The Kier molecular flexibility index (Phi) is 8.26. The number of sulfonamides is 1. The normalized spacial score (nSPS) is 18.3. The third-order valence-corrected chi connectivity index (χ3v) is 8.65. The van der Waals surface area contributed by atoms with Crippen LogP contribution in [0.3, 0.4) is 0 Å². The quantitative estimate of drug-likeness (QED) is 0.350. The molecule has 3 aromatic carbocycles. The van der Waals surface area contributed by atoms with E-state index >= 15 is 0 Å². The molecule has 2 aliphatic heterocycles. The highest BCUT2D eigenvalue weighted by molar-refractivity contribution is 7.89. The Morgan fingerprint density at radius 1 is 1.00 bits per heavy atom. The molecule has 2 aliphatic rings. The monoisotopic (exact) mass is 544 g/mol. The molecule has 1 unspecified atom stereocenters. The SMILES string of the molecule is CC(C)CNS(=O)(=O)c1ccc2c(c1)C(C(=Nc1ccc(CN3CCCCC3)cc1)c1ccccc1)C(=O)N2. The van der Waals surface area contributed by atoms with Crippen LogP contribution in [0.25, 0.3) is 0 Å². The van der Waals surface area contributed by atoms with Crippen LogP contribution in [-0.2, 0) is 21.4 Å². The van der Waals surface area contributed by atoms with Gasteiger partial charge in [-0.15, -0.1) is 0 Å². The second-order valence-electron chi connectivity index (χ2n) is 10.8. The summed E-state index contributed by atoms with van der Waals surface area (Å²) in [6.07, 6.45) is 3.82. The van der Waals surface area contributed by atoms with Crippen molar-refractivity contribution in [3.8, 4) is 0 Å². The van der Waals surface area contributed by atoms with Crippen molar-refractivity contribution in [3.63, 3.8) is 0 Å². The van der Waals surface area contributed by atoms with Crippen LogP contribution in [0.4, 0.5) is 11.4 Å². The van der Waals surface area contributed by atoms with Gasteiger partial charge in [-0.25, -0.2) is 13.1 Å². The van der Waals surface area contributed by atoms with Crippen LogP contribution in [0.15, 0.2) is 82.7 Å². The summed E-state index contributed by atoms with van der Waals surface area (Å²) in [5.41, 5.74) is 4.60. The van der Waals surface area contributed by atoms with E-state index in [2.05, 4.69) is 27.1 Å². The summed E-state index contributed by atoms with van der Waals surface area (Å²) in [6.45, 7) is 7.44. The zero-order valence-electron chi connectivity index (χ0n) is 22.6. The van der Waals surface area contributed by atoms with Crippen LogP contribution < -0.4 is 10.0 Å². The first-order chi connectivity index (χ1) is 18.8. The number of piperidine rings is 1. The number of nitrogens with zero attached hydrogens (tertiary/aromatic N) is 2. The number of nitrogens with one attached hydrogen (secondary N) is 2. The Bertz CT molecular complexity index is 1440. The second kappa shape index (κ2) is 11.8. The first-order valence-corrected chi connectivity index (χ1v) is 15.2. The van der Waals surface area contributed by atoms with Crippen molar-refractivity contribution in [1.29, 1.82) is 0 Å². The van der Waals surface area contributed by atoms with Gasteiger partial charge in [0.2, 0.25) is 15.9 Å². The Morgan fingerprint density at radius 3 is 2.41 bits per heavy atom. The van der Waals surface area contributed by atoms with E-state index in [0.717, 1.165) is 30.9 Å². The number of fused-ring (bicyclic) bond motifs is 1. The van der Waals surface area contributed by atoms with E-state index in [1.165, 1.54) is 30.9 Å². The minimum atomic E-state index is -3.72. The Balaban J connectivity index is 1.49. The average Bonchev–Trinajstić information content (AvgIpc) is 3.27. The summed E-state index contributed by atoms with van der Waals surface area (Å²) >= 11 is 0. The molecule has 2 N–H and O–H groups in total. The van der Waals surface area contributed by atoms with Gasteiger partial charge >= 0.3 is 0 Å². The number of rotatable bonds is 9. The van der Waals surface area contributed by atoms with Crippen LogP contribution in [0.2, 0.25) is 0 Å². The van der Waals surface area contributed by atoms with Gasteiger partial charge in [-0.3, -0.25) is 14.7 Å². The Morgan fingerprint density at radius 2 is 1.72 bits per heavy atom. The van der Waals surface area contributed by atoms with Gasteiger partial charge in [-0.05, 0) is 78.9 Å². The van der Waals surface area contributed by atoms with Crippen LogP contribution in [0.5, 0.6) is 0 Å². The van der Waals surface area contributed by atoms with Gasteiger partial charge in [0.25, 0.3) is 0 Å². The number of benzene rings is 3. The van der Waals surface area contributed by atoms with Crippen molar-refractivity contribution < 1.29 is 13.2 Å². The molecule has 204 valence electrons. The molecule has 0 aliphatic carbocycles. The minimum Gasteiger partial charge on any atom is -0.325 e. The fourth-order valence-corrected chi connectivity index (χ4v) is 6.38. The maximum atomic E-state index is 13.3. The lowest BCUT2D eigenvalue weighted by Crippen LogP contribution is -2.28. The van der Waals surface area contributed by atoms with E-state index in [4.69, 9.17) is 4.99 Å².